The number of nitrogens with zero attached hydrogens (tertiary/aromatic N) is 1. The number of halogens is 3. The fraction of sp³-hybridized carbons (Fsp3) is 0.267. The van der Waals surface area contributed by atoms with Crippen LogP contribution in [0.2, 0.25) is 10.0 Å². The second-order valence-corrected chi connectivity index (χ2v) is 10.1. The van der Waals surface area contributed by atoms with E-state index in [1.165, 1.54) is 12.1 Å². The molecule has 0 aromatic heterocycles. The van der Waals surface area contributed by atoms with E-state index in [0.29, 0.717) is 16.5 Å². The van der Waals surface area contributed by atoms with Crippen LogP contribution in [0.1, 0.15) is 48.6 Å². The van der Waals surface area contributed by atoms with Crippen LogP contribution in [0.3, 0.4) is 0 Å². The first kappa shape index (κ1) is 27.8. The van der Waals surface area contributed by atoms with Crippen molar-refractivity contribution < 1.29 is 23.8 Å². The molecule has 1 N–H and O–H groups in total. The van der Waals surface area contributed by atoms with Gasteiger partial charge in [0.25, 0.3) is 5.91 Å². The number of ether oxygens (including phenoxy) is 1. The molecule has 198 valence electrons. The highest BCUT2D eigenvalue weighted by atomic mass is 35.5. The second kappa shape index (κ2) is 12.6. The van der Waals surface area contributed by atoms with Crippen molar-refractivity contribution >= 4 is 35.1 Å². The summed E-state index contributed by atoms with van der Waals surface area (Å²) < 4.78 is 20.1. The minimum Gasteiger partial charge on any atom is -0.478 e. The lowest BCUT2D eigenvalue weighted by atomic mass is 9.88. The van der Waals surface area contributed by atoms with E-state index in [2.05, 4.69) is 0 Å². The highest BCUT2D eigenvalue weighted by Gasteiger charge is 2.46. The number of carbonyl (C=O) groups excluding carboxylic acids is 1. The lowest BCUT2D eigenvalue weighted by Crippen LogP contribution is -2.55. The molecule has 5 nitrogen and oxygen atoms in total. The van der Waals surface area contributed by atoms with Gasteiger partial charge in [-0.15, -0.1) is 0 Å². The van der Waals surface area contributed by atoms with Gasteiger partial charge in [0.05, 0.1) is 12.1 Å². The van der Waals surface area contributed by atoms with E-state index in [1.54, 1.807) is 47.4 Å². The van der Waals surface area contributed by atoms with Crippen LogP contribution in [0.5, 0.6) is 0 Å². The van der Waals surface area contributed by atoms with Crippen molar-refractivity contribution in [1.82, 2.24) is 4.90 Å². The molecule has 1 aliphatic rings. The van der Waals surface area contributed by atoms with Gasteiger partial charge in [-0.3, -0.25) is 4.79 Å². The molecule has 1 saturated heterocycles. The third-order valence-corrected chi connectivity index (χ3v) is 7.08. The number of hydrogen-bond donors (Lipinski definition) is 1. The Labute approximate surface area is 231 Å². The first-order valence-electron chi connectivity index (χ1n) is 12.4. The largest absolute Gasteiger partial charge is 0.478 e. The van der Waals surface area contributed by atoms with E-state index >= 15 is 0 Å². The van der Waals surface area contributed by atoms with E-state index in [-0.39, 0.29) is 18.1 Å². The summed E-state index contributed by atoms with van der Waals surface area (Å²) in [5.41, 5.74) is 2.36. The minimum atomic E-state index is -1.09. The Morgan fingerprint density at radius 3 is 2.13 bits per heavy atom. The first-order chi connectivity index (χ1) is 18.3. The van der Waals surface area contributed by atoms with Gasteiger partial charge in [-0.1, -0.05) is 79.0 Å². The monoisotopic (exact) mass is 555 g/mol. The fourth-order valence-electron chi connectivity index (χ4n) is 4.82. The predicted molar refractivity (Wildman–Crippen MR) is 146 cm³/mol. The topological polar surface area (TPSA) is 66.8 Å². The highest BCUT2D eigenvalue weighted by Crippen LogP contribution is 2.44. The van der Waals surface area contributed by atoms with Gasteiger partial charge in [0.15, 0.2) is 0 Å². The molecule has 1 amide bonds. The van der Waals surface area contributed by atoms with E-state index < -0.39 is 30.3 Å². The highest BCUT2D eigenvalue weighted by molar-refractivity contribution is 6.30. The SMILES string of the molecule is CCCC(C=CC(=O)O)N1C(=O)[C@@H](Cc2ccc(F)cc2)O[C@H](c2ccc(Cl)cc2)[C@@H]1c1ccc(Cl)cc1. The molecule has 1 heterocycles. The number of aliphatic carboxylic acids is 1. The van der Waals surface area contributed by atoms with Gasteiger partial charge in [-0.2, -0.15) is 0 Å². The Morgan fingerprint density at radius 1 is 1.00 bits per heavy atom. The van der Waals surface area contributed by atoms with Crippen molar-refractivity contribution in [1.29, 1.82) is 0 Å². The molecule has 3 aromatic rings. The van der Waals surface area contributed by atoms with Crippen LogP contribution >= 0.6 is 23.2 Å². The molecule has 1 unspecified atom stereocenters. The zero-order valence-electron chi connectivity index (χ0n) is 20.8. The van der Waals surface area contributed by atoms with Gasteiger partial charge < -0.3 is 14.7 Å². The normalized spacial score (nSPS) is 20.6. The second-order valence-electron chi connectivity index (χ2n) is 9.22. The molecule has 0 bridgehead atoms. The molecule has 0 radical (unpaired) electrons. The number of hydrogen-bond acceptors (Lipinski definition) is 3. The zero-order chi connectivity index (χ0) is 27.2. The van der Waals surface area contributed by atoms with Crippen LogP contribution in [-0.2, 0) is 20.7 Å². The van der Waals surface area contributed by atoms with Gasteiger partial charge in [0.2, 0.25) is 0 Å². The van der Waals surface area contributed by atoms with Gasteiger partial charge in [0, 0.05) is 22.5 Å². The first-order valence-corrected chi connectivity index (χ1v) is 13.2. The van der Waals surface area contributed by atoms with Crippen LogP contribution in [0.15, 0.2) is 84.9 Å². The summed E-state index contributed by atoms with van der Waals surface area (Å²) in [6, 6.07) is 19.4. The fourth-order valence-corrected chi connectivity index (χ4v) is 5.08. The third-order valence-electron chi connectivity index (χ3n) is 6.57. The lowest BCUT2D eigenvalue weighted by Gasteiger charge is -2.47. The minimum absolute atomic E-state index is 0.231. The van der Waals surface area contributed by atoms with Crippen LogP contribution < -0.4 is 0 Å². The smallest absolute Gasteiger partial charge is 0.328 e. The van der Waals surface area contributed by atoms with E-state index in [4.69, 9.17) is 27.9 Å². The number of rotatable bonds is 9. The third kappa shape index (κ3) is 6.62. The Kier molecular flexibility index (Phi) is 9.21. The van der Waals surface area contributed by atoms with Crippen molar-refractivity contribution in [2.45, 2.75) is 50.5 Å². The van der Waals surface area contributed by atoms with E-state index in [9.17, 15) is 19.1 Å². The van der Waals surface area contributed by atoms with Crippen LogP contribution in [0.25, 0.3) is 0 Å². The molecule has 4 atom stereocenters. The van der Waals surface area contributed by atoms with Crippen LogP contribution in [0, 0.1) is 5.82 Å². The van der Waals surface area contributed by atoms with Gasteiger partial charge in [-0.25, -0.2) is 9.18 Å². The van der Waals surface area contributed by atoms with Gasteiger partial charge in [0.1, 0.15) is 18.0 Å². The number of benzene rings is 3. The molecule has 0 aliphatic carbocycles. The van der Waals surface area contributed by atoms with Crippen LogP contribution in [0.4, 0.5) is 4.39 Å². The molecule has 8 heteroatoms. The molecular formula is C30H28Cl2FNO4. The van der Waals surface area contributed by atoms with Gasteiger partial charge >= 0.3 is 5.97 Å². The maximum atomic E-state index is 14.1. The molecule has 1 fully saturated rings. The summed E-state index contributed by atoms with van der Waals surface area (Å²) in [5, 5.41) is 10.5. The number of amides is 1. The van der Waals surface area contributed by atoms with E-state index in [1.807, 2.05) is 31.2 Å². The molecule has 1 aliphatic heterocycles. The average molecular weight is 556 g/mol. The lowest BCUT2D eigenvalue weighted by molar-refractivity contribution is -0.177. The summed E-state index contributed by atoms with van der Waals surface area (Å²) >= 11 is 12.3. The van der Waals surface area contributed by atoms with E-state index in [0.717, 1.165) is 29.2 Å². The number of morpholine rings is 1. The number of carbonyl (C=O) groups is 2. The maximum Gasteiger partial charge on any atom is 0.328 e. The molecule has 0 spiro atoms. The zero-order valence-corrected chi connectivity index (χ0v) is 22.3. The molecule has 0 saturated carbocycles. The molecule has 38 heavy (non-hydrogen) atoms. The Hall–Kier alpha value is -3.19. The average Bonchev–Trinajstić information content (AvgIpc) is 2.90. The van der Waals surface area contributed by atoms with Crippen molar-refractivity contribution in [3.63, 3.8) is 0 Å². The quantitative estimate of drug-likeness (QED) is 0.283. The standard InChI is InChI=1S/C30H28Cl2FNO4/c1-2-3-25(16-17-27(35)36)34-28(20-6-10-22(31)11-7-20)29(21-8-12-23(32)13-9-21)38-26(30(34)37)18-19-4-14-24(33)15-5-19/h4-17,25-26,28-29H,2-3,18H2,1H3,(H,35,36)/t25?,26-,28+,29-/m1/s1. The van der Waals surface area contributed by atoms with Crippen molar-refractivity contribution in [3.8, 4) is 0 Å². The maximum absolute atomic E-state index is 14.1. The van der Waals surface area contributed by atoms with Crippen molar-refractivity contribution in [2.75, 3.05) is 0 Å². The van der Waals surface area contributed by atoms with Crippen molar-refractivity contribution in [2.24, 2.45) is 0 Å². The van der Waals surface area contributed by atoms with Crippen LogP contribution in [-0.4, -0.2) is 34.0 Å². The van der Waals surface area contributed by atoms with Gasteiger partial charge in [-0.05, 0) is 59.5 Å². The summed E-state index contributed by atoms with van der Waals surface area (Å²) in [7, 11) is 0. The molecule has 3 aromatic carbocycles. The Balaban J connectivity index is 1.85. The summed E-state index contributed by atoms with van der Waals surface area (Å²) in [6.07, 6.45) is 2.68. The Morgan fingerprint density at radius 2 is 1.58 bits per heavy atom. The number of carboxylic acids is 1. The predicted octanol–water partition coefficient (Wildman–Crippen LogP) is 7.19. The number of carboxylic acid groups (broad SMARTS) is 1. The summed E-state index contributed by atoms with van der Waals surface area (Å²) in [6.45, 7) is 1.98. The summed E-state index contributed by atoms with van der Waals surface area (Å²) in [5.74, 6) is -1.73. The summed E-state index contributed by atoms with van der Waals surface area (Å²) in [4.78, 5) is 27.3. The molecule has 4 rings (SSSR count). The molecular weight excluding hydrogens is 528 g/mol. The Bertz CT molecular complexity index is 1280. The van der Waals surface area contributed by atoms with Crippen molar-refractivity contribution in [3.05, 3.63) is 118 Å².